The second-order valence-electron chi connectivity index (χ2n) is 9.66. The molecule has 0 heterocycles. The summed E-state index contributed by atoms with van der Waals surface area (Å²) in [7, 11) is -3.94. The predicted octanol–water partition coefficient (Wildman–Crippen LogP) is 6.62. The molecular weight excluding hydrogens is 628 g/mol. The molecule has 0 saturated carbocycles. The minimum Gasteiger partial charge on any atom is -0.352 e. The Morgan fingerprint density at radius 2 is 1.46 bits per heavy atom. The van der Waals surface area contributed by atoms with Crippen LogP contribution in [0.3, 0.4) is 0 Å². The number of carbonyl (C=O) groups is 2. The number of carbonyl (C=O) groups excluding carboxylic acids is 2. The number of amides is 2. The van der Waals surface area contributed by atoms with Gasteiger partial charge >= 0.3 is 0 Å². The summed E-state index contributed by atoms with van der Waals surface area (Å²) in [4.78, 5) is 29.2. The lowest BCUT2D eigenvalue weighted by molar-refractivity contribution is -0.140. The Balaban J connectivity index is 2.09. The van der Waals surface area contributed by atoms with Crippen LogP contribution in [0.5, 0.6) is 0 Å². The lowest BCUT2D eigenvalue weighted by Gasteiger charge is -2.34. The first-order valence-electron chi connectivity index (χ1n) is 12.8. The van der Waals surface area contributed by atoms with E-state index >= 15 is 0 Å². The van der Waals surface area contributed by atoms with E-state index < -0.39 is 28.5 Å². The lowest BCUT2D eigenvalue weighted by atomic mass is 10.0. The fourth-order valence-corrected chi connectivity index (χ4v) is 5.54. The van der Waals surface area contributed by atoms with E-state index in [1.807, 2.05) is 44.2 Å². The van der Waals surface area contributed by atoms with Gasteiger partial charge in [0.1, 0.15) is 12.6 Å². The maximum absolute atomic E-state index is 14.1. The molecule has 1 N–H and O–H groups in total. The van der Waals surface area contributed by atoms with E-state index in [1.165, 1.54) is 23.1 Å². The molecule has 3 rings (SSSR count). The Kier molecular flexibility index (Phi) is 11.8. The number of halogens is 4. The van der Waals surface area contributed by atoms with E-state index in [0.717, 1.165) is 16.1 Å². The van der Waals surface area contributed by atoms with E-state index in [-0.39, 0.29) is 45.7 Å². The summed E-state index contributed by atoms with van der Waals surface area (Å²) in [6, 6.07) is 17.4. The number of benzene rings is 3. The smallest absolute Gasteiger partial charge is 0.244 e. The van der Waals surface area contributed by atoms with Gasteiger partial charge in [-0.15, -0.1) is 0 Å². The topological polar surface area (TPSA) is 86.8 Å². The molecule has 2 atom stereocenters. The Labute approximate surface area is 261 Å². The van der Waals surface area contributed by atoms with Crippen molar-refractivity contribution in [2.75, 3.05) is 17.1 Å². The number of nitrogens with one attached hydrogen (secondary N) is 1. The zero-order valence-electron chi connectivity index (χ0n) is 22.8. The zero-order valence-corrected chi connectivity index (χ0v) is 26.6. The molecular formula is C29H31Cl4N3O4S. The average molecular weight is 659 g/mol. The summed E-state index contributed by atoms with van der Waals surface area (Å²) >= 11 is 24.6. The van der Waals surface area contributed by atoms with E-state index in [4.69, 9.17) is 46.4 Å². The molecule has 0 bridgehead atoms. The summed E-state index contributed by atoms with van der Waals surface area (Å²) in [5.74, 6) is -0.968. The van der Waals surface area contributed by atoms with Crippen molar-refractivity contribution in [1.29, 1.82) is 0 Å². The van der Waals surface area contributed by atoms with Crippen LogP contribution in [0.1, 0.15) is 31.4 Å². The van der Waals surface area contributed by atoms with Crippen LogP contribution in [0.25, 0.3) is 0 Å². The first-order valence-corrected chi connectivity index (χ1v) is 16.2. The standard InChI is InChI=1S/C29H31Cl4N3O4S/c1-4-19(2)34-29(38)27(15-20-8-6-5-7-9-20)35(17-21-10-12-23(30)25(32)14-21)28(37)18-36(41(3,39)40)22-11-13-24(31)26(33)16-22/h5-14,16,19,27H,4,15,17-18H2,1-3H3,(H,34,38). The Morgan fingerprint density at radius 3 is 2.02 bits per heavy atom. The van der Waals surface area contributed by atoms with Crippen LogP contribution in [0.2, 0.25) is 20.1 Å². The Bertz CT molecular complexity index is 1490. The van der Waals surface area contributed by atoms with Crippen molar-refractivity contribution >= 4 is 73.9 Å². The van der Waals surface area contributed by atoms with E-state index in [0.29, 0.717) is 17.0 Å². The molecule has 3 aromatic carbocycles. The highest BCUT2D eigenvalue weighted by atomic mass is 35.5. The maximum Gasteiger partial charge on any atom is 0.244 e. The third kappa shape index (κ3) is 9.25. The molecule has 0 saturated heterocycles. The van der Waals surface area contributed by atoms with Crippen LogP contribution in [0.15, 0.2) is 66.7 Å². The number of hydrogen-bond donors (Lipinski definition) is 1. The molecule has 2 amide bonds. The molecule has 0 aliphatic heterocycles. The van der Waals surface area contributed by atoms with Crippen molar-refractivity contribution in [2.24, 2.45) is 0 Å². The first kappa shape index (κ1) is 33.0. The van der Waals surface area contributed by atoms with Gasteiger partial charge in [-0.05, 0) is 54.8 Å². The summed E-state index contributed by atoms with van der Waals surface area (Å²) in [6.07, 6.45) is 1.87. The van der Waals surface area contributed by atoms with Crippen molar-refractivity contribution in [1.82, 2.24) is 10.2 Å². The van der Waals surface area contributed by atoms with Gasteiger partial charge in [-0.2, -0.15) is 0 Å². The number of nitrogens with zero attached hydrogens (tertiary/aromatic N) is 2. The van der Waals surface area contributed by atoms with Gasteiger partial charge in [0.05, 0.1) is 32.0 Å². The van der Waals surface area contributed by atoms with Crippen molar-refractivity contribution in [3.8, 4) is 0 Å². The number of hydrogen-bond acceptors (Lipinski definition) is 4. The molecule has 12 heteroatoms. The van der Waals surface area contributed by atoms with Gasteiger partial charge in [0.2, 0.25) is 21.8 Å². The van der Waals surface area contributed by atoms with Crippen LogP contribution >= 0.6 is 46.4 Å². The average Bonchev–Trinajstić information content (AvgIpc) is 2.92. The molecule has 0 fully saturated rings. The van der Waals surface area contributed by atoms with Gasteiger partial charge in [-0.1, -0.05) is 89.7 Å². The molecule has 3 aromatic rings. The number of sulfonamides is 1. The monoisotopic (exact) mass is 657 g/mol. The highest BCUT2D eigenvalue weighted by molar-refractivity contribution is 7.92. The Morgan fingerprint density at radius 1 is 0.854 bits per heavy atom. The predicted molar refractivity (Wildman–Crippen MR) is 167 cm³/mol. The summed E-state index contributed by atoms with van der Waals surface area (Å²) in [6.45, 7) is 3.20. The molecule has 2 unspecified atom stereocenters. The van der Waals surface area contributed by atoms with Gasteiger partial charge < -0.3 is 10.2 Å². The minimum absolute atomic E-state index is 0.0277. The molecule has 7 nitrogen and oxygen atoms in total. The van der Waals surface area contributed by atoms with E-state index in [2.05, 4.69) is 5.32 Å². The van der Waals surface area contributed by atoms with Crippen LogP contribution in [-0.2, 0) is 32.6 Å². The van der Waals surface area contributed by atoms with Crippen LogP contribution < -0.4 is 9.62 Å². The van der Waals surface area contributed by atoms with Crippen LogP contribution in [-0.4, -0.2) is 50.0 Å². The normalized spacial score (nSPS) is 12.9. The third-order valence-electron chi connectivity index (χ3n) is 6.48. The van der Waals surface area contributed by atoms with E-state index in [9.17, 15) is 18.0 Å². The highest BCUT2D eigenvalue weighted by Crippen LogP contribution is 2.29. The minimum atomic E-state index is -3.94. The summed E-state index contributed by atoms with van der Waals surface area (Å²) in [5, 5.41) is 3.97. The molecule has 0 aliphatic rings. The highest BCUT2D eigenvalue weighted by Gasteiger charge is 2.33. The molecule has 0 radical (unpaired) electrons. The van der Waals surface area contributed by atoms with E-state index in [1.54, 1.807) is 18.2 Å². The largest absolute Gasteiger partial charge is 0.352 e. The number of rotatable bonds is 12. The first-order chi connectivity index (χ1) is 19.3. The SMILES string of the molecule is CCC(C)NC(=O)C(Cc1ccccc1)N(Cc1ccc(Cl)c(Cl)c1)C(=O)CN(c1ccc(Cl)c(Cl)c1)S(C)(=O)=O. The van der Waals surface area contributed by atoms with Crippen molar-refractivity contribution < 1.29 is 18.0 Å². The second kappa shape index (κ2) is 14.6. The Hall–Kier alpha value is -2.49. The molecule has 220 valence electrons. The fraction of sp³-hybridized carbons (Fsp3) is 0.310. The summed E-state index contributed by atoms with van der Waals surface area (Å²) in [5.41, 5.74) is 1.60. The van der Waals surface area contributed by atoms with Crippen LogP contribution in [0, 0.1) is 0 Å². The molecule has 41 heavy (non-hydrogen) atoms. The van der Waals surface area contributed by atoms with Gasteiger partial charge in [-0.25, -0.2) is 8.42 Å². The van der Waals surface area contributed by atoms with Gasteiger partial charge in [0, 0.05) is 19.0 Å². The van der Waals surface area contributed by atoms with Gasteiger partial charge in [0.15, 0.2) is 0 Å². The lowest BCUT2D eigenvalue weighted by Crippen LogP contribution is -2.54. The van der Waals surface area contributed by atoms with Crippen LogP contribution in [0.4, 0.5) is 5.69 Å². The second-order valence-corrected chi connectivity index (χ2v) is 13.2. The van der Waals surface area contributed by atoms with Crippen molar-refractivity contribution in [3.05, 3.63) is 97.9 Å². The van der Waals surface area contributed by atoms with Crippen molar-refractivity contribution in [2.45, 2.75) is 45.3 Å². The summed E-state index contributed by atoms with van der Waals surface area (Å²) < 4.78 is 26.7. The van der Waals surface area contributed by atoms with Gasteiger partial charge in [0.25, 0.3) is 0 Å². The number of anilines is 1. The molecule has 0 aliphatic carbocycles. The van der Waals surface area contributed by atoms with Crippen molar-refractivity contribution in [3.63, 3.8) is 0 Å². The maximum atomic E-state index is 14.1. The quantitative estimate of drug-likeness (QED) is 0.237. The van der Waals surface area contributed by atoms with Gasteiger partial charge in [-0.3, -0.25) is 13.9 Å². The third-order valence-corrected chi connectivity index (χ3v) is 9.10. The molecule has 0 spiro atoms. The molecule has 0 aromatic heterocycles. The fourth-order valence-electron chi connectivity index (χ4n) is 4.08. The zero-order chi connectivity index (χ0) is 30.3.